The number of benzene rings is 2. The summed E-state index contributed by atoms with van der Waals surface area (Å²) in [6, 6.07) is 9.45. The van der Waals surface area contributed by atoms with Gasteiger partial charge < -0.3 is 14.2 Å². The molecule has 0 saturated heterocycles. The van der Waals surface area contributed by atoms with Gasteiger partial charge in [0.2, 0.25) is 5.82 Å². The third-order valence-corrected chi connectivity index (χ3v) is 10.2. The second kappa shape index (κ2) is 18.4. The van der Waals surface area contributed by atoms with Gasteiger partial charge in [0.25, 0.3) is 0 Å². The Bertz CT molecular complexity index is 1260. The third-order valence-electron chi connectivity index (χ3n) is 7.64. The lowest BCUT2D eigenvalue weighted by atomic mass is 10.1. The lowest BCUT2D eigenvalue weighted by Gasteiger charge is -2.20. The Morgan fingerprint density at radius 3 is 2.12 bits per heavy atom. The van der Waals surface area contributed by atoms with Gasteiger partial charge in [-0.2, -0.15) is 4.39 Å². The van der Waals surface area contributed by atoms with Crippen LogP contribution in [-0.2, 0) is 0 Å². The number of ether oxygens (including phenoxy) is 3. The number of aromatic nitrogens is 2. The fourth-order valence-corrected chi connectivity index (χ4v) is 6.57. The molecular weight excluding hydrogens is 566 g/mol. The Kier molecular flexibility index (Phi) is 14.6. The van der Waals surface area contributed by atoms with Crippen LogP contribution in [0.1, 0.15) is 88.4 Å². The van der Waals surface area contributed by atoms with Gasteiger partial charge in [-0.3, -0.25) is 0 Å². The summed E-state index contributed by atoms with van der Waals surface area (Å²) in [5, 5.41) is 0. The summed E-state index contributed by atoms with van der Waals surface area (Å²) in [5.74, 6) is -3.45. The summed E-state index contributed by atoms with van der Waals surface area (Å²) >= 11 is 0. The molecule has 9 heteroatoms. The minimum absolute atomic E-state index is 0.195. The Morgan fingerprint density at radius 1 is 0.767 bits per heavy atom. The summed E-state index contributed by atoms with van der Waals surface area (Å²) < 4.78 is 46.1. The first-order chi connectivity index (χ1) is 20.8. The van der Waals surface area contributed by atoms with E-state index in [1.165, 1.54) is 37.8 Å². The summed E-state index contributed by atoms with van der Waals surface area (Å²) in [5.41, 5.74) is 1.67. The SMILES string of the molecule is CCCCCCCCOc1ncc(-c2ccc(OC(=O)c3ccc(OCCC(CCCC)[SiH](C)C)c(F)c3F)cc2)cn1. The Labute approximate surface area is 256 Å². The zero-order chi connectivity index (χ0) is 31.0. The van der Waals surface area contributed by atoms with Crippen molar-refractivity contribution in [3.63, 3.8) is 0 Å². The van der Waals surface area contributed by atoms with Crippen LogP contribution in [0.5, 0.6) is 17.5 Å². The maximum absolute atomic E-state index is 14.8. The molecule has 0 bridgehead atoms. The van der Waals surface area contributed by atoms with Crippen LogP contribution in [0, 0.1) is 11.6 Å². The van der Waals surface area contributed by atoms with Crippen molar-refractivity contribution in [3.8, 4) is 28.6 Å². The second-order valence-electron chi connectivity index (χ2n) is 11.3. The van der Waals surface area contributed by atoms with E-state index in [0.717, 1.165) is 49.7 Å². The third kappa shape index (κ3) is 11.0. The molecular formula is C34H46F2N2O4Si. The number of hydrogen-bond donors (Lipinski definition) is 0. The molecule has 3 aromatic rings. The van der Waals surface area contributed by atoms with E-state index in [1.54, 1.807) is 36.7 Å². The standard InChI is InChI=1S/C34H46F2N2O4Si/c1-5-7-9-10-11-12-21-41-34-37-23-26(24-38-34)25-14-16-27(17-15-25)42-33(39)29-18-19-30(32(36)31(29)35)40-22-20-28(43(3)4)13-8-6-2/h14-19,23-24,28,43H,5-13,20-22H2,1-4H3. The molecule has 0 radical (unpaired) electrons. The van der Waals surface area contributed by atoms with Gasteiger partial charge in [-0.15, -0.1) is 0 Å². The van der Waals surface area contributed by atoms with E-state index in [-0.39, 0.29) is 11.5 Å². The number of hydrogen-bond acceptors (Lipinski definition) is 6. The van der Waals surface area contributed by atoms with E-state index in [9.17, 15) is 13.6 Å². The Morgan fingerprint density at radius 2 is 1.44 bits per heavy atom. The molecule has 0 saturated carbocycles. The van der Waals surface area contributed by atoms with E-state index in [2.05, 4.69) is 36.9 Å². The molecule has 1 heterocycles. The van der Waals surface area contributed by atoms with E-state index in [1.807, 2.05) is 0 Å². The average Bonchev–Trinajstić information content (AvgIpc) is 3.01. The largest absolute Gasteiger partial charge is 0.490 e. The predicted octanol–water partition coefficient (Wildman–Crippen LogP) is 9.20. The number of esters is 1. The lowest BCUT2D eigenvalue weighted by Crippen LogP contribution is -2.16. The van der Waals surface area contributed by atoms with Crippen LogP contribution in [0.2, 0.25) is 18.6 Å². The van der Waals surface area contributed by atoms with Crippen LogP contribution < -0.4 is 14.2 Å². The molecule has 0 aliphatic carbocycles. The maximum atomic E-state index is 14.8. The van der Waals surface area contributed by atoms with Crippen LogP contribution in [0.4, 0.5) is 8.78 Å². The highest BCUT2D eigenvalue weighted by molar-refractivity contribution is 6.57. The van der Waals surface area contributed by atoms with Crippen LogP contribution in [0.3, 0.4) is 0 Å². The van der Waals surface area contributed by atoms with Gasteiger partial charge in [0, 0.05) is 26.8 Å². The molecule has 1 aromatic heterocycles. The Hall–Kier alpha value is -3.33. The molecule has 0 fully saturated rings. The number of nitrogens with zero attached hydrogens (tertiary/aromatic N) is 2. The maximum Gasteiger partial charge on any atom is 0.346 e. The number of rotatable bonds is 19. The second-order valence-corrected chi connectivity index (χ2v) is 14.7. The van der Waals surface area contributed by atoms with Gasteiger partial charge in [0.15, 0.2) is 11.6 Å². The van der Waals surface area contributed by atoms with Gasteiger partial charge in [-0.05, 0) is 48.2 Å². The first-order valence-corrected chi connectivity index (χ1v) is 18.7. The summed E-state index contributed by atoms with van der Waals surface area (Å²) in [6.07, 6.45) is 14.7. The first-order valence-electron chi connectivity index (χ1n) is 15.7. The van der Waals surface area contributed by atoms with Crippen LogP contribution in [0.25, 0.3) is 11.1 Å². The van der Waals surface area contributed by atoms with Gasteiger partial charge in [0.05, 0.1) is 18.8 Å². The van der Waals surface area contributed by atoms with Gasteiger partial charge in [-0.25, -0.2) is 19.2 Å². The monoisotopic (exact) mass is 612 g/mol. The molecule has 0 amide bonds. The van der Waals surface area contributed by atoms with Crippen molar-refractivity contribution in [2.24, 2.45) is 0 Å². The first kappa shape index (κ1) is 34.2. The smallest absolute Gasteiger partial charge is 0.346 e. The quantitative estimate of drug-likeness (QED) is 0.0582. The molecule has 0 aliphatic heterocycles. The number of halogens is 2. The van der Waals surface area contributed by atoms with Gasteiger partial charge >= 0.3 is 12.0 Å². The molecule has 0 N–H and O–H groups in total. The topological polar surface area (TPSA) is 70.5 Å². The van der Waals surface area contributed by atoms with Gasteiger partial charge in [-0.1, -0.05) is 90.4 Å². The van der Waals surface area contributed by atoms with Crippen LogP contribution >= 0.6 is 0 Å². The molecule has 234 valence electrons. The van der Waals surface area contributed by atoms with Crippen molar-refractivity contribution >= 4 is 14.8 Å². The van der Waals surface area contributed by atoms with Crippen molar-refractivity contribution in [2.45, 2.75) is 96.7 Å². The molecule has 6 nitrogen and oxygen atoms in total. The van der Waals surface area contributed by atoms with E-state index >= 15 is 0 Å². The van der Waals surface area contributed by atoms with Crippen molar-refractivity contribution in [1.29, 1.82) is 0 Å². The Balaban J connectivity index is 1.51. The number of carbonyl (C=O) groups is 1. The fraction of sp³-hybridized carbons (Fsp3) is 0.500. The minimum atomic E-state index is -1.28. The molecule has 2 aromatic carbocycles. The molecule has 3 rings (SSSR count). The zero-order valence-electron chi connectivity index (χ0n) is 26.0. The minimum Gasteiger partial charge on any atom is -0.490 e. The highest BCUT2D eigenvalue weighted by Gasteiger charge is 2.22. The summed E-state index contributed by atoms with van der Waals surface area (Å²) in [4.78, 5) is 21.2. The highest BCUT2D eigenvalue weighted by Crippen LogP contribution is 2.28. The normalized spacial score (nSPS) is 11.9. The highest BCUT2D eigenvalue weighted by atomic mass is 28.3. The average molecular weight is 613 g/mol. The van der Waals surface area contributed by atoms with E-state index in [0.29, 0.717) is 24.8 Å². The molecule has 0 aliphatic rings. The van der Waals surface area contributed by atoms with Crippen LogP contribution in [-0.4, -0.2) is 37.9 Å². The summed E-state index contributed by atoms with van der Waals surface area (Å²) in [7, 11) is -0.874. The fourth-order valence-electron chi connectivity index (χ4n) is 4.86. The van der Waals surface area contributed by atoms with E-state index in [4.69, 9.17) is 14.2 Å². The number of carbonyl (C=O) groups excluding carboxylic acids is 1. The zero-order valence-corrected chi connectivity index (χ0v) is 27.2. The molecule has 0 spiro atoms. The predicted molar refractivity (Wildman–Crippen MR) is 170 cm³/mol. The molecule has 1 atom stereocenters. The summed E-state index contributed by atoms with van der Waals surface area (Å²) in [6.45, 7) is 9.87. The van der Waals surface area contributed by atoms with E-state index < -0.39 is 32.0 Å². The lowest BCUT2D eigenvalue weighted by molar-refractivity contribution is 0.0728. The number of unbranched alkanes of at least 4 members (excludes halogenated alkanes) is 6. The van der Waals surface area contributed by atoms with Crippen molar-refractivity contribution in [3.05, 3.63) is 66.0 Å². The van der Waals surface area contributed by atoms with Crippen molar-refractivity contribution < 1.29 is 27.8 Å². The van der Waals surface area contributed by atoms with Crippen molar-refractivity contribution in [2.75, 3.05) is 13.2 Å². The molecule has 43 heavy (non-hydrogen) atoms. The van der Waals surface area contributed by atoms with Gasteiger partial charge in [0.1, 0.15) is 5.75 Å². The molecule has 1 unspecified atom stereocenters. The van der Waals surface area contributed by atoms with Crippen molar-refractivity contribution in [1.82, 2.24) is 9.97 Å². The van der Waals surface area contributed by atoms with Crippen LogP contribution in [0.15, 0.2) is 48.8 Å².